The summed E-state index contributed by atoms with van der Waals surface area (Å²) in [6, 6.07) is 12.9. The third-order valence-electron chi connectivity index (χ3n) is 3.68. The molecule has 2 aromatic rings. The summed E-state index contributed by atoms with van der Waals surface area (Å²) in [5.41, 5.74) is 3.23. The van der Waals surface area contributed by atoms with Crippen molar-refractivity contribution in [1.29, 1.82) is 0 Å². The highest BCUT2D eigenvalue weighted by molar-refractivity contribution is 7.92. The van der Waals surface area contributed by atoms with Gasteiger partial charge in [-0.25, -0.2) is 14.3 Å². The Labute approximate surface area is 152 Å². The third-order valence-corrected chi connectivity index (χ3v) is 5.70. The summed E-state index contributed by atoms with van der Waals surface area (Å²) in [5, 5.41) is 0.424. The summed E-state index contributed by atoms with van der Waals surface area (Å²) in [7, 11) is -3.97. The molecule has 0 atom stereocenters. The number of nitrogens with zero attached hydrogens (tertiary/aromatic N) is 1. The molecule has 0 saturated carbocycles. The molecule has 0 bridgehead atoms. The second kappa shape index (κ2) is 7.86. The molecule has 0 radical (unpaired) electrons. The molecule has 25 heavy (non-hydrogen) atoms. The van der Waals surface area contributed by atoms with Crippen LogP contribution in [0.4, 0.5) is 5.69 Å². The van der Waals surface area contributed by atoms with Crippen LogP contribution in [-0.4, -0.2) is 20.9 Å². The predicted octanol–water partition coefficient (Wildman–Crippen LogP) is 2.65. The minimum Gasteiger partial charge on any atom is -0.293 e. The highest BCUT2D eigenvalue weighted by atomic mass is 35.5. The monoisotopic (exact) mass is 381 g/mol. The SMILES string of the molecule is CC(C)c1ccccc1N(CC(=O)NN)S(=O)(=O)c1ccc(Cl)cc1. The Morgan fingerprint density at radius 1 is 1.16 bits per heavy atom. The van der Waals surface area contributed by atoms with E-state index in [1.165, 1.54) is 24.3 Å². The maximum atomic E-state index is 13.1. The van der Waals surface area contributed by atoms with E-state index in [-0.39, 0.29) is 10.8 Å². The van der Waals surface area contributed by atoms with Crippen molar-refractivity contribution < 1.29 is 13.2 Å². The quantitative estimate of drug-likeness (QED) is 0.457. The van der Waals surface area contributed by atoms with Gasteiger partial charge in [-0.05, 0) is 41.8 Å². The number of nitrogens with two attached hydrogens (primary N) is 1. The summed E-state index contributed by atoms with van der Waals surface area (Å²) < 4.78 is 27.3. The van der Waals surface area contributed by atoms with Gasteiger partial charge in [0.2, 0.25) is 0 Å². The van der Waals surface area contributed by atoms with Crippen LogP contribution < -0.4 is 15.6 Å². The fraction of sp³-hybridized carbons (Fsp3) is 0.235. The molecule has 6 nitrogen and oxygen atoms in total. The number of hydrazine groups is 1. The fourth-order valence-corrected chi connectivity index (χ4v) is 3.99. The van der Waals surface area contributed by atoms with Gasteiger partial charge in [0.05, 0.1) is 10.6 Å². The fourth-order valence-electron chi connectivity index (χ4n) is 2.41. The predicted molar refractivity (Wildman–Crippen MR) is 98.8 cm³/mol. The van der Waals surface area contributed by atoms with Crippen molar-refractivity contribution in [3.63, 3.8) is 0 Å². The van der Waals surface area contributed by atoms with Gasteiger partial charge in [-0.15, -0.1) is 0 Å². The van der Waals surface area contributed by atoms with Crippen LogP contribution in [0.25, 0.3) is 0 Å². The number of hydrogen-bond donors (Lipinski definition) is 2. The molecule has 0 aromatic heterocycles. The summed E-state index contributed by atoms with van der Waals surface area (Å²) in [6.45, 7) is 3.48. The van der Waals surface area contributed by atoms with Gasteiger partial charge in [0.1, 0.15) is 6.54 Å². The lowest BCUT2D eigenvalue weighted by molar-refractivity contribution is -0.119. The summed E-state index contributed by atoms with van der Waals surface area (Å²) >= 11 is 5.84. The summed E-state index contributed by atoms with van der Waals surface area (Å²) in [4.78, 5) is 11.9. The summed E-state index contributed by atoms with van der Waals surface area (Å²) in [6.07, 6.45) is 0. The number of carbonyl (C=O) groups is 1. The average molecular weight is 382 g/mol. The molecule has 0 heterocycles. The molecule has 2 aromatic carbocycles. The Balaban J connectivity index is 2.61. The minimum absolute atomic E-state index is 0.0419. The Bertz CT molecular complexity index is 852. The number of rotatable bonds is 6. The van der Waals surface area contributed by atoms with E-state index in [1.54, 1.807) is 12.1 Å². The standard InChI is InChI=1S/C17H20ClN3O3S/c1-12(2)15-5-3-4-6-16(15)21(11-17(22)20-19)25(23,24)14-9-7-13(18)8-10-14/h3-10,12H,11,19H2,1-2H3,(H,20,22). The van der Waals surface area contributed by atoms with E-state index in [2.05, 4.69) is 0 Å². The molecular formula is C17H20ClN3O3S. The van der Waals surface area contributed by atoms with Crippen LogP contribution in [0.3, 0.4) is 0 Å². The average Bonchev–Trinajstić information content (AvgIpc) is 2.59. The van der Waals surface area contributed by atoms with Crippen molar-refractivity contribution in [1.82, 2.24) is 5.43 Å². The molecule has 0 aliphatic rings. The first kappa shape index (κ1) is 19.2. The van der Waals surface area contributed by atoms with Crippen molar-refractivity contribution >= 4 is 33.2 Å². The van der Waals surface area contributed by atoms with Gasteiger partial charge in [-0.3, -0.25) is 14.5 Å². The Kier molecular flexibility index (Phi) is 6.05. The molecule has 0 spiro atoms. The lowest BCUT2D eigenvalue weighted by Gasteiger charge is -2.27. The van der Waals surface area contributed by atoms with Crippen molar-refractivity contribution in [2.75, 3.05) is 10.8 Å². The smallest absolute Gasteiger partial charge is 0.264 e. The van der Waals surface area contributed by atoms with E-state index >= 15 is 0 Å². The molecule has 3 N–H and O–H groups in total. The van der Waals surface area contributed by atoms with Gasteiger partial charge in [0.15, 0.2) is 0 Å². The first-order valence-electron chi connectivity index (χ1n) is 7.64. The molecule has 1 amide bonds. The number of anilines is 1. The molecular weight excluding hydrogens is 362 g/mol. The number of nitrogens with one attached hydrogen (secondary N) is 1. The van der Waals surface area contributed by atoms with Gasteiger partial charge >= 0.3 is 0 Å². The van der Waals surface area contributed by atoms with Crippen molar-refractivity contribution in [2.24, 2.45) is 5.84 Å². The Hall–Kier alpha value is -2.09. The molecule has 0 saturated heterocycles. The number of amides is 1. The Morgan fingerprint density at radius 2 is 1.76 bits per heavy atom. The van der Waals surface area contributed by atoms with E-state index in [0.717, 1.165) is 9.87 Å². The third kappa shape index (κ3) is 4.31. The normalized spacial score (nSPS) is 11.4. The van der Waals surface area contributed by atoms with Crippen LogP contribution in [0.1, 0.15) is 25.3 Å². The van der Waals surface area contributed by atoms with Gasteiger partial charge in [-0.1, -0.05) is 43.6 Å². The highest BCUT2D eigenvalue weighted by Crippen LogP contribution is 2.31. The highest BCUT2D eigenvalue weighted by Gasteiger charge is 2.29. The van der Waals surface area contributed by atoms with Crippen molar-refractivity contribution in [2.45, 2.75) is 24.7 Å². The second-order valence-electron chi connectivity index (χ2n) is 5.75. The first-order chi connectivity index (χ1) is 11.8. The van der Waals surface area contributed by atoms with E-state index in [1.807, 2.05) is 31.4 Å². The van der Waals surface area contributed by atoms with Crippen LogP contribution in [-0.2, 0) is 14.8 Å². The molecule has 8 heteroatoms. The molecule has 0 aliphatic carbocycles. The molecule has 134 valence electrons. The molecule has 0 aliphatic heterocycles. The van der Waals surface area contributed by atoms with Crippen molar-refractivity contribution in [3.8, 4) is 0 Å². The van der Waals surface area contributed by atoms with Gasteiger partial charge in [0.25, 0.3) is 15.9 Å². The largest absolute Gasteiger partial charge is 0.293 e. The zero-order chi connectivity index (χ0) is 18.6. The summed E-state index contributed by atoms with van der Waals surface area (Å²) in [5.74, 6) is 4.61. The van der Waals surface area contributed by atoms with E-state index in [4.69, 9.17) is 17.4 Å². The zero-order valence-corrected chi connectivity index (χ0v) is 15.5. The molecule has 0 fully saturated rings. The van der Waals surface area contributed by atoms with E-state index in [9.17, 15) is 13.2 Å². The van der Waals surface area contributed by atoms with Crippen LogP contribution in [0, 0.1) is 0 Å². The Morgan fingerprint density at radius 3 is 2.32 bits per heavy atom. The number of carbonyl (C=O) groups excluding carboxylic acids is 1. The maximum absolute atomic E-state index is 13.1. The van der Waals surface area contributed by atoms with Gasteiger partial charge in [0, 0.05) is 5.02 Å². The van der Waals surface area contributed by atoms with E-state index in [0.29, 0.717) is 10.7 Å². The number of benzene rings is 2. The topological polar surface area (TPSA) is 92.5 Å². The number of hydrogen-bond acceptors (Lipinski definition) is 4. The number of halogens is 1. The van der Waals surface area contributed by atoms with Gasteiger partial charge in [-0.2, -0.15) is 0 Å². The molecule has 2 rings (SSSR count). The second-order valence-corrected chi connectivity index (χ2v) is 8.05. The van der Waals surface area contributed by atoms with Crippen LogP contribution >= 0.6 is 11.6 Å². The van der Waals surface area contributed by atoms with Crippen LogP contribution in [0.5, 0.6) is 0 Å². The van der Waals surface area contributed by atoms with Crippen LogP contribution in [0.15, 0.2) is 53.4 Å². The van der Waals surface area contributed by atoms with E-state index < -0.39 is 22.5 Å². The molecule has 0 unspecified atom stereocenters. The van der Waals surface area contributed by atoms with Crippen LogP contribution in [0.2, 0.25) is 5.02 Å². The lowest BCUT2D eigenvalue weighted by atomic mass is 10.0. The minimum atomic E-state index is -3.97. The first-order valence-corrected chi connectivity index (χ1v) is 9.46. The zero-order valence-electron chi connectivity index (χ0n) is 13.9. The van der Waals surface area contributed by atoms with Gasteiger partial charge < -0.3 is 0 Å². The number of para-hydroxylation sites is 1. The maximum Gasteiger partial charge on any atom is 0.264 e. The lowest BCUT2D eigenvalue weighted by Crippen LogP contribution is -2.43. The number of sulfonamides is 1. The van der Waals surface area contributed by atoms with Crippen molar-refractivity contribution in [3.05, 3.63) is 59.1 Å².